The quantitative estimate of drug-likeness (QED) is 0.871. The average molecular weight is 260 g/mol. The van der Waals surface area contributed by atoms with Crippen molar-refractivity contribution in [2.45, 2.75) is 26.3 Å². The van der Waals surface area contributed by atoms with E-state index in [0.717, 1.165) is 6.42 Å². The Labute approximate surface area is 106 Å². The van der Waals surface area contributed by atoms with Gasteiger partial charge in [0.2, 0.25) is 0 Å². The number of rotatable bonds is 3. The predicted octanol–water partition coefficient (Wildman–Crippen LogP) is 3.64. The van der Waals surface area contributed by atoms with Crippen LogP contribution in [0.25, 0.3) is 0 Å². The Morgan fingerprint density at radius 2 is 1.88 bits per heavy atom. The van der Waals surface area contributed by atoms with Gasteiger partial charge in [-0.05, 0) is 17.9 Å². The van der Waals surface area contributed by atoms with E-state index in [0.29, 0.717) is 33.1 Å². The molecule has 0 spiro atoms. The van der Waals surface area contributed by atoms with Crippen LogP contribution in [0, 0.1) is 5.41 Å². The molecular formula is C11H15Cl2N3. The van der Waals surface area contributed by atoms with Crippen molar-refractivity contribution in [3.63, 3.8) is 0 Å². The highest BCUT2D eigenvalue weighted by molar-refractivity contribution is 6.37. The first-order valence-corrected chi connectivity index (χ1v) is 6.00. The van der Waals surface area contributed by atoms with Crippen molar-refractivity contribution in [2.75, 3.05) is 17.7 Å². The summed E-state index contributed by atoms with van der Waals surface area (Å²) >= 11 is 12.1. The Morgan fingerprint density at radius 3 is 2.38 bits per heavy atom. The van der Waals surface area contributed by atoms with Crippen molar-refractivity contribution < 1.29 is 0 Å². The average Bonchev–Trinajstić information content (AvgIpc) is 2.78. The van der Waals surface area contributed by atoms with Crippen LogP contribution in [0.3, 0.4) is 0 Å². The van der Waals surface area contributed by atoms with Gasteiger partial charge in [-0.15, -0.1) is 0 Å². The SMILES string of the molecule is CNc1nc(NC2CC2(C)C)c(Cl)cc1Cl. The molecule has 1 aromatic rings. The molecule has 2 rings (SSSR count). The van der Waals surface area contributed by atoms with Crippen LogP contribution in [0.15, 0.2) is 6.07 Å². The Bertz CT molecular complexity index is 418. The van der Waals surface area contributed by atoms with Crippen molar-refractivity contribution in [2.24, 2.45) is 5.41 Å². The maximum absolute atomic E-state index is 6.09. The van der Waals surface area contributed by atoms with Gasteiger partial charge in [-0.2, -0.15) is 0 Å². The first-order valence-electron chi connectivity index (χ1n) is 5.24. The van der Waals surface area contributed by atoms with Gasteiger partial charge in [0.1, 0.15) is 11.6 Å². The number of nitrogens with zero attached hydrogens (tertiary/aromatic N) is 1. The Balaban J connectivity index is 2.21. The smallest absolute Gasteiger partial charge is 0.147 e. The zero-order chi connectivity index (χ0) is 11.9. The minimum atomic E-state index is 0.338. The van der Waals surface area contributed by atoms with Crippen LogP contribution in [0.5, 0.6) is 0 Å². The first kappa shape index (κ1) is 11.8. The summed E-state index contributed by atoms with van der Waals surface area (Å²) in [4.78, 5) is 4.35. The van der Waals surface area contributed by atoms with E-state index >= 15 is 0 Å². The fourth-order valence-corrected chi connectivity index (χ4v) is 2.13. The summed E-state index contributed by atoms with van der Waals surface area (Å²) in [5, 5.41) is 7.37. The van der Waals surface area contributed by atoms with Gasteiger partial charge in [-0.25, -0.2) is 4.98 Å². The number of hydrogen-bond acceptors (Lipinski definition) is 3. The molecule has 1 fully saturated rings. The third-order valence-electron chi connectivity index (χ3n) is 2.99. The van der Waals surface area contributed by atoms with Gasteiger partial charge in [-0.3, -0.25) is 0 Å². The lowest BCUT2D eigenvalue weighted by Crippen LogP contribution is -2.11. The van der Waals surface area contributed by atoms with Crippen LogP contribution in [-0.2, 0) is 0 Å². The van der Waals surface area contributed by atoms with Gasteiger partial charge in [0.25, 0.3) is 0 Å². The maximum atomic E-state index is 6.09. The molecule has 0 radical (unpaired) electrons. The summed E-state index contributed by atoms with van der Waals surface area (Å²) in [6.45, 7) is 4.43. The second-order valence-corrected chi connectivity index (χ2v) is 5.60. The molecule has 0 bridgehead atoms. The van der Waals surface area contributed by atoms with E-state index in [2.05, 4.69) is 29.5 Å². The number of hydrogen-bond donors (Lipinski definition) is 2. The molecule has 1 aliphatic rings. The second kappa shape index (κ2) is 3.97. The third kappa shape index (κ3) is 2.20. The molecule has 1 saturated carbocycles. The minimum Gasteiger partial charge on any atom is -0.372 e. The summed E-state index contributed by atoms with van der Waals surface area (Å²) in [5.41, 5.74) is 0.338. The highest BCUT2D eigenvalue weighted by Crippen LogP contribution is 2.47. The van der Waals surface area contributed by atoms with Gasteiger partial charge >= 0.3 is 0 Å². The predicted molar refractivity (Wildman–Crippen MR) is 69.6 cm³/mol. The van der Waals surface area contributed by atoms with Crippen molar-refractivity contribution in [3.8, 4) is 0 Å². The highest BCUT2D eigenvalue weighted by atomic mass is 35.5. The Kier molecular flexibility index (Phi) is 2.93. The summed E-state index contributed by atoms with van der Waals surface area (Å²) in [5.74, 6) is 1.35. The molecule has 0 amide bonds. The van der Waals surface area contributed by atoms with E-state index in [-0.39, 0.29) is 0 Å². The van der Waals surface area contributed by atoms with Gasteiger partial charge < -0.3 is 10.6 Å². The lowest BCUT2D eigenvalue weighted by molar-refractivity contribution is 0.630. The van der Waals surface area contributed by atoms with Gasteiger partial charge in [0.05, 0.1) is 10.0 Å². The fourth-order valence-electron chi connectivity index (χ4n) is 1.62. The first-order chi connectivity index (χ1) is 7.44. The normalized spacial score (nSPS) is 21.7. The molecule has 1 heterocycles. The number of aromatic nitrogens is 1. The molecule has 16 heavy (non-hydrogen) atoms. The molecule has 0 aromatic carbocycles. The molecule has 0 saturated heterocycles. The molecule has 3 nitrogen and oxygen atoms in total. The van der Waals surface area contributed by atoms with E-state index < -0.39 is 0 Å². The maximum Gasteiger partial charge on any atom is 0.147 e. The zero-order valence-electron chi connectivity index (χ0n) is 9.56. The molecule has 2 N–H and O–H groups in total. The number of halogens is 2. The highest BCUT2D eigenvalue weighted by Gasteiger charge is 2.46. The molecule has 88 valence electrons. The van der Waals surface area contributed by atoms with Crippen molar-refractivity contribution in [1.29, 1.82) is 0 Å². The molecule has 1 aromatic heterocycles. The van der Waals surface area contributed by atoms with Gasteiger partial charge in [0, 0.05) is 13.1 Å². The van der Waals surface area contributed by atoms with Crippen LogP contribution in [0.1, 0.15) is 20.3 Å². The third-order valence-corrected chi connectivity index (χ3v) is 3.57. The molecule has 1 atom stereocenters. The monoisotopic (exact) mass is 259 g/mol. The zero-order valence-corrected chi connectivity index (χ0v) is 11.1. The van der Waals surface area contributed by atoms with Crippen molar-refractivity contribution >= 4 is 34.8 Å². The van der Waals surface area contributed by atoms with Gasteiger partial charge in [-0.1, -0.05) is 37.0 Å². The molecule has 1 unspecified atom stereocenters. The Hall–Kier alpha value is -0.670. The van der Waals surface area contributed by atoms with Gasteiger partial charge in [0.15, 0.2) is 0 Å². The lowest BCUT2D eigenvalue weighted by atomic mass is 10.2. The van der Waals surface area contributed by atoms with E-state index in [4.69, 9.17) is 23.2 Å². The summed E-state index contributed by atoms with van der Waals surface area (Å²) in [6.07, 6.45) is 1.14. The van der Waals surface area contributed by atoms with Crippen LogP contribution in [0.4, 0.5) is 11.6 Å². The summed E-state index contributed by atoms with van der Waals surface area (Å²) < 4.78 is 0. The van der Waals surface area contributed by atoms with Crippen LogP contribution < -0.4 is 10.6 Å². The lowest BCUT2D eigenvalue weighted by Gasteiger charge is -2.11. The van der Waals surface area contributed by atoms with Crippen LogP contribution >= 0.6 is 23.2 Å². The van der Waals surface area contributed by atoms with Crippen molar-refractivity contribution in [3.05, 3.63) is 16.1 Å². The topological polar surface area (TPSA) is 37.0 Å². The van der Waals surface area contributed by atoms with E-state index in [1.54, 1.807) is 13.1 Å². The summed E-state index contributed by atoms with van der Waals surface area (Å²) in [7, 11) is 1.78. The van der Waals surface area contributed by atoms with E-state index in [9.17, 15) is 0 Å². The molecule has 0 aliphatic heterocycles. The molecule has 1 aliphatic carbocycles. The van der Waals surface area contributed by atoms with Crippen LogP contribution in [-0.4, -0.2) is 18.1 Å². The largest absolute Gasteiger partial charge is 0.372 e. The molecule has 5 heteroatoms. The number of pyridine rings is 1. The van der Waals surface area contributed by atoms with Crippen LogP contribution in [0.2, 0.25) is 10.0 Å². The second-order valence-electron chi connectivity index (χ2n) is 4.79. The van der Waals surface area contributed by atoms with Crippen molar-refractivity contribution in [1.82, 2.24) is 4.98 Å². The minimum absolute atomic E-state index is 0.338. The molecular weight excluding hydrogens is 245 g/mol. The number of anilines is 2. The van der Waals surface area contributed by atoms with E-state index in [1.165, 1.54) is 0 Å². The summed E-state index contributed by atoms with van der Waals surface area (Å²) in [6, 6.07) is 2.16. The Morgan fingerprint density at radius 1 is 1.31 bits per heavy atom. The standard InChI is InChI=1S/C11H15Cl2N3/c1-11(2)5-8(11)15-10-7(13)4-6(12)9(14-3)16-10/h4,8H,5H2,1-3H3,(H2,14,15,16). The van der Waals surface area contributed by atoms with E-state index in [1.807, 2.05) is 0 Å². The fraction of sp³-hybridized carbons (Fsp3) is 0.545. The number of nitrogens with one attached hydrogen (secondary N) is 2.